The van der Waals surface area contributed by atoms with E-state index in [-0.39, 0.29) is 0 Å². The molecule has 0 fully saturated rings. The van der Waals surface area contributed by atoms with Crippen LogP contribution in [0.4, 0.5) is 0 Å². The predicted octanol–water partition coefficient (Wildman–Crippen LogP) is 4.10. The van der Waals surface area contributed by atoms with Crippen LogP contribution in [0.3, 0.4) is 0 Å². The van der Waals surface area contributed by atoms with Crippen molar-refractivity contribution in [2.75, 3.05) is 0 Å². The summed E-state index contributed by atoms with van der Waals surface area (Å²) in [5.74, 6) is 0.744. The Morgan fingerprint density at radius 3 is 2.50 bits per heavy atom. The van der Waals surface area contributed by atoms with Crippen LogP contribution in [0.2, 0.25) is 0 Å². The van der Waals surface area contributed by atoms with Gasteiger partial charge in [0.05, 0.1) is 0 Å². The molecule has 0 aliphatic rings. The first-order valence-corrected chi connectivity index (χ1v) is 5.43. The maximum atomic E-state index is 3.29. The van der Waals surface area contributed by atoms with Crippen LogP contribution in [-0.4, -0.2) is 0 Å². The fourth-order valence-corrected chi connectivity index (χ4v) is 2.05. The lowest BCUT2D eigenvalue weighted by molar-refractivity contribution is 0.306. The van der Waals surface area contributed by atoms with Crippen molar-refractivity contribution < 1.29 is 0 Å². The minimum atomic E-state index is 0.439. The first-order chi connectivity index (χ1) is 6.47. The van der Waals surface area contributed by atoms with Crippen molar-refractivity contribution in [3.63, 3.8) is 0 Å². The highest BCUT2D eigenvalue weighted by Gasteiger charge is 2.15. The molecule has 77 valence electrons. The molecule has 0 heteroatoms. The third-order valence-electron chi connectivity index (χ3n) is 2.30. The molecule has 0 N–H and O–H groups in total. The Morgan fingerprint density at radius 2 is 2.00 bits per heavy atom. The summed E-state index contributed by atoms with van der Waals surface area (Å²) in [5, 5.41) is 0. The minimum Gasteiger partial charge on any atom is -0.0622 e. The summed E-state index contributed by atoms with van der Waals surface area (Å²) in [6.45, 7) is 9.24. The molecule has 0 bridgehead atoms. The van der Waals surface area contributed by atoms with Crippen LogP contribution in [-0.2, 0) is 6.42 Å². The van der Waals surface area contributed by atoms with Crippen molar-refractivity contribution >= 4 is 0 Å². The van der Waals surface area contributed by atoms with Crippen molar-refractivity contribution in [1.29, 1.82) is 0 Å². The maximum absolute atomic E-state index is 3.29. The van der Waals surface area contributed by atoms with Crippen LogP contribution in [0.25, 0.3) is 0 Å². The Morgan fingerprint density at radius 1 is 1.29 bits per heavy atom. The molecule has 1 aromatic rings. The highest BCUT2D eigenvalue weighted by Crippen LogP contribution is 2.26. The molecule has 1 radical (unpaired) electrons. The molecular formula is C14H21. The summed E-state index contributed by atoms with van der Waals surface area (Å²) in [6.07, 6.45) is 2.42. The lowest BCUT2D eigenvalue weighted by Gasteiger charge is -2.23. The third-order valence-corrected chi connectivity index (χ3v) is 2.30. The molecule has 0 aromatic heterocycles. The average molecular weight is 189 g/mol. The van der Waals surface area contributed by atoms with E-state index in [1.165, 1.54) is 12.0 Å². The smallest absolute Gasteiger partial charge is 0.0149 e. The SMILES string of the molecule is CC(Cc1[c]cccc1)CC(C)(C)C. The van der Waals surface area contributed by atoms with E-state index in [0.29, 0.717) is 5.41 Å². The number of hydrogen-bond donors (Lipinski definition) is 0. The summed E-state index contributed by atoms with van der Waals surface area (Å²) in [4.78, 5) is 0. The molecule has 1 rings (SSSR count). The third kappa shape index (κ3) is 4.45. The van der Waals surface area contributed by atoms with E-state index in [2.05, 4.69) is 45.9 Å². The molecule has 1 unspecified atom stereocenters. The maximum Gasteiger partial charge on any atom is -0.0149 e. The van der Waals surface area contributed by atoms with Crippen LogP contribution in [0.5, 0.6) is 0 Å². The van der Waals surface area contributed by atoms with Gasteiger partial charge in [-0.25, -0.2) is 0 Å². The van der Waals surface area contributed by atoms with Gasteiger partial charge in [-0.2, -0.15) is 0 Å². The molecular weight excluding hydrogens is 168 g/mol. The van der Waals surface area contributed by atoms with Gasteiger partial charge in [-0.1, -0.05) is 52.0 Å². The van der Waals surface area contributed by atoms with Crippen molar-refractivity contribution in [1.82, 2.24) is 0 Å². The summed E-state index contributed by atoms with van der Waals surface area (Å²) in [7, 11) is 0. The van der Waals surface area contributed by atoms with Gasteiger partial charge < -0.3 is 0 Å². The highest BCUT2D eigenvalue weighted by molar-refractivity contribution is 5.13. The Balaban J connectivity index is 2.46. The lowest BCUT2D eigenvalue weighted by Crippen LogP contribution is -2.12. The van der Waals surface area contributed by atoms with Gasteiger partial charge >= 0.3 is 0 Å². The number of benzene rings is 1. The molecule has 0 saturated heterocycles. The summed E-state index contributed by atoms with van der Waals surface area (Å²) < 4.78 is 0. The van der Waals surface area contributed by atoms with Gasteiger partial charge in [0.25, 0.3) is 0 Å². The lowest BCUT2D eigenvalue weighted by atomic mass is 9.83. The normalized spacial score (nSPS) is 14.0. The van der Waals surface area contributed by atoms with Crippen molar-refractivity contribution in [2.24, 2.45) is 11.3 Å². The Bertz CT molecular complexity index is 253. The van der Waals surface area contributed by atoms with Crippen molar-refractivity contribution in [2.45, 2.75) is 40.5 Å². The van der Waals surface area contributed by atoms with Crippen LogP contribution in [0.1, 0.15) is 39.7 Å². The van der Waals surface area contributed by atoms with Gasteiger partial charge in [0.1, 0.15) is 0 Å². The standard InChI is InChI=1S/C14H21/c1-12(11-14(2,3)4)10-13-8-6-5-7-9-13/h5-8,12H,10-11H2,1-4H3. The van der Waals surface area contributed by atoms with E-state index in [1.54, 1.807) is 0 Å². The molecule has 1 atom stereocenters. The second kappa shape index (κ2) is 4.63. The molecule has 1 aromatic carbocycles. The molecule has 0 aliphatic carbocycles. The molecule has 14 heavy (non-hydrogen) atoms. The van der Waals surface area contributed by atoms with E-state index in [1.807, 2.05) is 12.1 Å². The second-order valence-electron chi connectivity index (χ2n) is 5.46. The first-order valence-electron chi connectivity index (χ1n) is 5.43. The van der Waals surface area contributed by atoms with Crippen LogP contribution < -0.4 is 0 Å². The fraction of sp³-hybridized carbons (Fsp3) is 0.571. The number of hydrogen-bond acceptors (Lipinski definition) is 0. The Kier molecular flexibility index (Phi) is 3.74. The van der Waals surface area contributed by atoms with Crippen LogP contribution in [0.15, 0.2) is 24.3 Å². The van der Waals surface area contributed by atoms with Crippen LogP contribution in [0, 0.1) is 17.4 Å². The van der Waals surface area contributed by atoms with Gasteiger partial charge in [-0.05, 0) is 35.8 Å². The van der Waals surface area contributed by atoms with E-state index >= 15 is 0 Å². The van der Waals surface area contributed by atoms with Gasteiger partial charge in [-0.15, -0.1) is 0 Å². The van der Waals surface area contributed by atoms with Crippen LogP contribution >= 0.6 is 0 Å². The fourth-order valence-electron chi connectivity index (χ4n) is 2.05. The Labute approximate surface area is 88.4 Å². The highest BCUT2D eigenvalue weighted by atomic mass is 14.2. The molecule has 0 nitrogen and oxygen atoms in total. The first kappa shape index (κ1) is 11.3. The summed E-state index contributed by atoms with van der Waals surface area (Å²) in [5.41, 5.74) is 1.78. The molecule has 0 spiro atoms. The van der Waals surface area contributed by atoms with Gasteiger partial charge in [0.2, 0.25) is 0 Å². The zero-order valence-electron chi connectivity index (χ0n) is 9.80. The van der Waals surface area contributed by atoms with E-state index in [0.717, 1.165) is 12.3 Å². The zero-order chi connectivity index (χ0) is 10.6. The average Bonchev–Trinajstić information content (AvgIpc) is 2.02. The summed E-state index contributed by atoms with van der Waals surface area (Å²) >= 11 is 0. The predicted molar refractivity (Wildman–Crippen MR) is 62.2 cm³/mol. The second-order valence-corrected chi connectivity index (χ2v) is 5.46. The minimum absolute atomic E-state index is 0.439. The van der Waals surface area contributed by atoms with Gasteiger partial charge in [-0.3, -0.25) is 0 Å². The number of rotatable bonds is 3. The summed E-state index contributed by atoms with van der Waals surface area (Å²) in [6, 6.07) is 11.6. The van der Waals surface area contributed by atoms with Gasteiger partial charge in [0.15, 0.2) is 0 Å². The quantitative estimate of drug-likeness (QED) is 0.671. The van der Waals surface area contributed by atoms with E-state index in [4.69, 9.17) is 0 Å². The van der Waals surface area contributed by atoms with Crippen molar-refractivity contribution in [3.8, 4) is 0 Å². The molecule has 0 amide bonds. The Hall–Kier alpha value is -0.780. The van der Waals surface area contributed by atoms with E-state index in [9.17, 15) is 0 Å². The topological polar surface area (TPSA) is 0 Å². The largest absolute Gasteiger partial charge is 0.0622 e. The molecule has 0 saturated carbocycles. The molecule has 0 aliphatic heterocycles. The zero-order valence-corrected chi connectivity index (χ0v) is 9.80. The van der Waals surface area contributed by atoms with Gasteiger partial charge in [0, 0.05) is 0 Å². The van der Waals surface area contributed by atoms with Crippen molar-refractivity contribution in [3.05, 3.63) is 35.9 Å². The monoisotopic (exact) mass is 189 g/mol. The van der Waals surface area contributed by atoms with E-state index < -0.39 is 0 Å². The molecule has 0 heterocycles.